The largest absolute Gasteiger partial charge is 0.355 e. The minimum Gasteiger partial charge on any atom is -0.355 e. The van der Waals surface area contributed by atoms with E-state index in [2.05, 4.69) is 54.8 Å². The minimum atomic E-state index is -0.0267. The van der Waals surface area contributed by atoms with Gasteiger partial charge in [-0.15, -0.1) is 0 Å². The summed E-state index contributed by atoms with van der Waals surface area (Å²) in [6, 6.07) is 22.5. The lowest BCUT2D eigenvalue weighted by atomic mass is 10.1. The van der Waals surface area contributed by atoms with Crippen LogP contribution in [0.25, 0.3) is 0 Å². The quantitative estimate of drug-likeness (QED) is 0.695. The van der Waals surface area contributed by atoms with Crippen molar-refractivity contribution in [2.24, 2.45) is 0 Å². The summed E-state index contributed by atoms with van der Waals surface area (Å²) >= 11 is 0. The summed E-state index contributed by atoms with van der Waals surface area (Å²) in [5.74, 6) is -0.0267. The summed E-state index contributed by atoms with van der Waals surface area (Å²) in [5.41, 5.74) is 7.64. The zero-order chi connectivity index (χ0) is 18.8. The number of fused-ring (bicyclic) bond motifs is 1. The normalized spacial score (nSPS) is 13.3. The molecule has 0 heterocycles. The fourth-order valence-corrected chi connectivity index (χ4v) is 3.75. The Bertz CT molecular complexity index is 968. The van der Waals surface area contributed by atoms with Gasteiger partial charge in [0, 0.05) is 11.7 Å². The molecular formula is C24H24N2O. The number of rotatable bonds is 4. The van der Waals surface area contributed by atoms with Crippen molar-refractivity contribution in [2.45, 2.75) is 32.7 Å². The predicted molar refractivity (Wildman–Crippen MR) is 111 cm³/mol. The van der Waals surface area contributed by atoms with E-state index in [9.17, 15) is 4.79 Å². The van der Waals surface area contributed by atoms with Crippen LogP contribution >= 0.6 is 0 Å². The van der Waals surface area contributed by atoms with Crippen molar-refractivity contribution in [3.8, 4) is 0 Å². The van der Waals surface area contributed by atoms with E-state index in [1.165, 1.54) is 22.3 Å². The van der Waals surface area contributed by atoms with Gasteiger partial charge in [0.15, 0.2) is 0 Å². The lowest BCUT2D eigenvalue weighted by molar-refractivity contribution is 0.0939. The Hall–Kier alpha value is -3.07. The number of amides is 1. The topological polar surface area (TPSA) is 41.1 Å². The van der Waals surface area contributed by atoms with Crippen molar-refractivity contribution in [3.05, 3.63) is 94.5 Å². The molecule has 1 amide bonds. The number of carbonyl (C=O) groups is 1. The van der Waals surface area contributed by atoms with Crippen LogP contribution in [0.5, 0.6) is 0 Å². The van der Waals surface area contributed by atoms with E-state index in [-0.39, 0.29) is 11.9 Å². The van der Waals surface area contributed by atoms with E-state index < -0.39 is 0 Å². The number of hydrogen-bond acceptors (Lipinski definition) is 2. The molecule has 0 unspecified atom stereocenters. The minimum absolute atomic E-state index is 0.0267. The first-order valence-corrected chi connectivity index (χ1v) is 9.42. The molecule has 0 saturated heterocycles. The molecule has 0 atom stereocenters. The number of nitrogens with one attached hydrogen (secondary N) is 2. The Balaban J connectivity index is 1.53. The number of anilines is 2. The maximum absolute atomic E-state index is 13.0. The molecule has 1 aliphatic carbocycles. The van der Waals surface area contributed by atoms with E-state index in [4.69, 9.17) is 0 Å². The summed E-state index contributed by atoms with van der Waals surface area (Å²) in [6.45, 7) is 4.19. The van der Waals surface area contributed by atoms with Gasteiger partial charge in [0.25, 0.3) is 5.91 Å². The summed E-state index contributed by atoms with van der Waals surface area (Å²) in [6.07, 6.45) is 1.79. The molecule has 0 bridgehead atoms. The number of carbonyl (C=O) groups excluding carboxylic acids is 1. The molecular weight excluding hydrogens is 332 g/mol. The standard InChI is InChI=1S/C24H24N2O/c1-16-8-7-13-22(17(16)2)26-23-12-6-5-11-21(23)24(27)25-20-14-18-9-3-4-10-19(18)15-20/h3-13,20,26H,14-15H2,1-2H3,(H,25,27). The maximum Gasteiger partial charge on any atom is 0.253 e. The van der Waals surface area contributed by atoms with Crippen LogP contribution in [0.3, 0.4) is 0 Å². The lowest BCUT2D eigenvalue weighted by Gasteiger charge is -2.17. The van der Waals surface area contributed by atoms with Gasteiger partial charge >= 0.3 is 0 Å². The fourth-order valence-electron chi connectivity index (χ4n) is 3.75. The highest BCUT2D eigenvalue weighted by molar-refractivity contribution is 6.00. The molecule has 0 fully saturated rings. The number of aryl methyl sites for hydroxylation is 1. The van der Waals surface area contributed by atoms with Crippen LogP contribution in [0.4, 0.5) is 11.4 Å². The highest BCUT2D eigenvalue weighted by Crippen LogP contribution is 2.26. The first kappa shape index (κ1) is 17.3. The Kier molecular flexibility index (Phi) is 4.68. The first-order chi connectivity index (χ1) is 13.1. The average Bonchev–Trinajstić information content (AvgIpc) is 3.08. The predicted octanol–water partition coefficient (Wildman–Crippen LogP) is 4.94. The van der Waals surface area contributed by atoms with Crippen LogP contribution in [0.15, 0.2) is 66.7 Å². The molecule has 136 valence electrons. The molecule has 0 aromatic heterocycles. The van der Waals surface area contributed by atoms with Gasteiger partial charge in [0.05, 0.1) is 11.3 Å². The van der Waals surface area contributed by atoms with Crippen molar-refractivity contribution < 1.29 is 4.79 Å². The molecule has 0 spiro atoms. The first-order valence-electron chi connectivity index (χ1n) is 9.42. The second kappa shape index (κ2) is 7.28. The summed E-state index contributed by atoms with van der Waals surface area (Å²) < 4.78 is 0. The number of benzene rings is 3. The Morgan fingerprint density at radius 2 is 1.44 bits per heavy atom. The number of hydrogen-bond donors (Lipinski definition) is 2. The lowest BCUT2D eigenvalue weighted by Crippen LogP contribution is -2.35. The van der Waals surface area contributed by atoms with Gasteiger partial charge in [-0.2, -0.15) is 0 Å². The van der Waals surface area contributed by atoms with Crippen molar-refractivity contribution >= 4 is 17.3 Å². The van der Waals surface area contributed by atoms with Gasteiger partial charge in [0.2, 0.25) is 0 Å². The molecule has 0 saturated carbocycles. The van der Waals surface area contributed by atoms with Gasteiger partial charge < -0.3 is 10.6 Å². The van der Waals surface area contributed by atoms with Crippen molar-refractivity contribution in [2.75, 3.05) is 5.32 Å². The van der Waals surface area contributed by atoms with E-state index >= 15 is 0 Å². The van der Waals surface area contributed by atoms with E-state index in [1.807, 2.05) is 36.4 Å². The number of para-hydroxylation sites is 1. The Morgan fingerprint density at radius 1 is 0.815 bits per heavy atom. The second-order valence-corrected chi connectivity index (χ2v) is 7.27. The van der Waals surface area contributed by atoms with Crippen molar-refractivity contribution in [1.82, 2.24) is 5.32 Å². The molecule has 0 radical (unpaired) electrons. The highest BCUT2D eigenvalue weighted by Gasteiger charge is 2.23. The highest BCUT2D eigenvalue weighted by atomic mass is 16.1. The molecule has 4 rings (SSSR count). The second-order valence-electron chi connectivity index (χ2n) is 7.27. The monoisotopic (exact) mass is 356 g/mol. The third-order valence-electron chi connectivity index (χ3n) is 5.43. The van der Waals surface area contributed by atoms with E-state index in [0.29, 0.717) is 5.56 Å². The molecule has 27 heavy (non-hydrogen) atoms. The Labute approximate surface area is 160 Å². The Morgan fingerprint density at radius 3 is 2.19 bits per heavy atom. The molecule has 1 aliphatic rings. The summed E-state index contributed by atoms with van der Waals surface area (Å²) in [5, 5.41) is 6.66. The van der Waals surface area contributed by atoms with E-state index in [0.717, 1.165) is 24.2 Å². The molecule has 2 N–H and O–H groups in total. The molecule has 3 nitrogen and oxygen atoms in total. The maximum atomic E-state index is 13.0. The molecule has 0 aliphatic heterocycles. The third-order valence-corrected chi connectivity index (χ3v) is 5.43. The summed E-state index contributed by atoms with van der Waals surface area (Å²) in [4.78, 5) is 13.0. The molecule has 3 aromatic carbocycles. The molecule has 3 heteroatoms. The zero-order valence-electron chi connectivity index (χ0n) is 15.8. The van der Waals surface area contributed by atoms with Gasteiger partial charge in [-0.3, -0.25) is 4.79 Å². The zero-order valence-corrected chi connectivity index (χ0v) is 15.8. The SMILES string of the molecule is Cc1cccc(Nc2ccccc2C(=O)NC2Cc3ccccc3C2)c1C. The van der Waals surface area contributed by atoms with Gasteiger partial charge in [0.1, 0.15) is 0 Å². The van der Waals surface area contributed by atoms with Crippen LogP contribution < -0.4 is 10.6 Å². The summed E-state index contributed by atoms with van der Waals surface area (Å²) in [7, 11) is 0. The fraction of sp³-hybridized carbons (Fsp3) is 0.208. The smallest absolute Gasteiger partial charge is 0.253 e. The van der Waals surface area contributed by atoms with Crippen LogP contribution in [0, 0.1) is 13.8 Å². The van der Waals surface area contributed by atoms with E-state index in [1.54, 1.807) is 0 Å². The average molecular weight is 356 g/mol. The van der Waals surface area contributed by atoms with Crippen LogP contribution in [0.2, 0.25) is 0 Å². The van der Waals surface area contributed by atoms with Crippen LogP contribution in [-0.4, -0.2) is 11.9 Å². The van der Waals surface area contributed by atoms with Gasteiger partial charge in [-0.1, -0.05) is 48.5 Å². The van der Waals surface area contributed by atoms with Gasteiger partial charge in [-0.25, -0.2) is 0 Å². The van der Waals surface area contributed by atoms with Crippen molar-refractivity contribution in [3.63, 3.8) is 0 Å². The third kappa shape index (κ3) is 3.59. The van der Waals surface area contributed by atoms with Gasteiger partial charge in [-0.05, 0) is 67.1 Å². The van der Waals surface area contributed by atoms with Crippen LogP contribution in [0.1, 0.15) is 32.6 Å². The molecule has 3 aromatic rings. The van der Waals surface area contributed by atoms with Crippen molar-refractivity contribution in [1.29, 1.82) is 0 Å². The van der Waals surface area contributed by atoms with Crippen LogP contribution in [-0.2, 0) is 12.8 Å².